The highest BCUT2D eigenvalue weighted by Gasteiger charge is 2.24. The molecule has 6 nitrogen and oxygen atoms in total. The van der Waals surface area contributed by atoms with Crippen molar-refractivity contribution in [3.8, 4) is 0 Å². The lowest BCUT2D eigenvalue weighted by molar-refractivity contribution is 0.476. The molecule has 3 N–H and O–H groups in total. The van der Waals surface area contributed by atoms with Crippen LogP contribution in [0.1, 0.15) is 30.3 Å². The van der Waals surface area contributed by atoms with Crippen molar-refractivity contribution in [3.63, 3.8) is 0 Å². The number of anilines is 1. The van der Waals surface area contributed by atoms with E-state index >= 15 is 0 Å². The average Bonchev–Trinajstić information content (AvgIpc) is 2.88. The zero-order valence-electron chi connectivity index (χ0n) is 10.8. The predicted molar refractivity (Wildman–Crippen MR) is 72.9 cm³/mol. The topological polar surface area (TPSA) is 81.7 Å². The summed E-state index contributed by atoms with van der Waals surface area (Å²) in [5.74, 6) is 1.73. The van der Waals surface area contributed by atoms with Gasteiger partial charge in [0.15, 0.2) is 5.82 Å². The third-order valence-corrected chi connectivity index (χ3v) is 3.37. The Labute approximate surface area is 112 Å². The number of hydrogen-bond acceptors (Lipinski definition) is 5. The first kappa shape index (κ1) is 12.1. The molecule has 0 aromatic carbocycles. The fraction of sp³-hybridized carbons (Fsp3) is 0.462. The van der Waals surface area contributed by atoms with E-state index in [9.17, 15) is 0 Å². The number of nitrogens with two attached hydrogens (primary N) is 1. The number of nitrogens with one attached hydrogen (secondary N) is 1. The second-order valence-electron chi connectivity index (χ2n) is 4.70. The number of aryl methyl sites for hydroxylation is 1. The van der Waals surface area contributed by atoms with Crippen LogP contribution in [-0.2, 0) is 6.42 Å². The zero-order valence-corrected chi connectivity index (χ0v) is 10.8. The van der Waals surface area contributed by atoms with Gasteiger partial charge in [0.25, 0.3) is 0 Å². The van der Waals surface area contributed by atoms with Crippen molar-refractivity contribution in [1.82, 2.24) is 19.7 Å². The summed E-state index contributed by atoms with van der Waals surface area (Å²) >= 11 is 0. The van der Waals surface area contributed by atoms with Crippen molar-refractivity contribution in [2.45, 2.75) is 25.3 Å². The molecule has 1 unspecified atom stereocenters. The van der Waals surface area contributed by atoms with Gasteiger partial charge in [0, 0.05) is 25.4 Å². The lowest BCUT2D eigenvalue weighted by Gasteiger charge is -2.24. The third-order valence-electron chi connectivity index (χ3n) is 3.37. The molecule has 2 aromatic rings. The molecule has 1 aliphatic rings. The van der Waals surface area contributed by atoms with Crippen molar-refractivity contribution in [3.05, 3.63) is 35.9 Å². The maximum atomic E-state index is 5.53. The Morgan fingerprint density at radius 2 is 2.21 bits per heavy atom. The van der Waals surface area contributed by atoms with Crippen molar-refractivity contribution >= 4 is 5.95 Å². The summed E-state index contributed by atoms with van der Waals surface area (Å²) in [7, 11) is 0. The van der Waals surface area contributed by atoms with E-state index in [4.69, 9.17) is 5.73 Å². The standard InChI is InChI=1S/C13H18N6/c14-6-1-2-12-17-13-16-9-5-11(19(13)18-12)10-3-7-15-8-4-10/h3-4,7-8,11H,1-2,5-6,9,14H2,(H,16,17,18). The Morgan fingerprint density at radius 1 is 1.37 bits per heavy atom. The third kappa shape index (κ3) is 2.44. The van der Waals surface area contributed by atoms with Gasteiger partial charge in [0.1, 0.15) is 0 Å². The van der Waals surface area contributed by atoms with Crippen LogP contribution in [0.25, 0.3) is 0 Å². The highest BCUT2D eigenvalue weighted by molar-refractivity contribution is 5.32. The highest BCUT2D eigenvalue weighted by atomic mass is 15.4. The maximum absolute atomic E-state index is 5.53. The molecule has 0 saturated carbocycles. The second kappa shape index (κ2) is 5.36. The molecule has 3 rings (SSSR count). The fourth-order valence-corrected chi connectivity index (χ4v) is 2.41. The van der Waals surface area contributed by atoms with Gasteiger partial charge in [-0.3, -0.25) is 4.98 Å². The van der Waals surface area contributed by atoms with Crippen LogP contribution in [0, 0.1) is 0 Å². The molecule has 1 atom stereocenters. The Kier molecular flexibility index (Phi) is 3.41. The van der Waals surface area contributed by atoms with Crippen molar-refractivity contribution in [1.29, 1.82) is 0 Å². The van der Waals surface area contributed by atoms with Gasteiger partial charge in [0.05, 0.1) is 6.04 Å². The Bertz CT molecular complexity index is 535. The molecule has 3 heterocycles. The molecule has 100 valence electrons. The summed E-state index contributed by atoms with van der Waals surface area (Å²) in [6.07, 6.45) is 6.41. The van der Waals surface area contributed by atoms with Gasteiger partial charge in [-0.05, 0) is 37.1 Å². The molecule has 2 aromatic heterocycles. The van der Waals surface area contributed by atoms with Gasteiger partial charge in [-0.2, -0.15) is 10.1 Å². The SMILES string of the molecule is NCCCc1nc2n(n1)C(c1ccncc1)CCN2. The van der Waals surface area contributed by atoms with E-state index in [1.807, 2.05) is 29.2 Å². The van der Waals surface area contributed by atoms with Crippen molar-refractivity contribution in [2.75, 3.05) is 18.4 Å². The van der Waals surface area contributed by atoms with Crippen LogP contribution in [0.15, 0.2) is 24.5 Å². The van der Waals surface area contributed by atoms with E-state index in [1.165, 1.54) is 5.56 Å². The number of pyridine rings is 1. The molecule has 0 radical (unpaired) electrons. The van der Waals surface area contributed by atoms with Crippen molar-refractivity contribution < 1.29 is 0 Å². The van der Waals surface area contributed by atoms with Gasteiger partial charge in [0.2, 0.25) is 5.95 Å². The molecule has 6 heteroatoms. The number of nitrogens with zero attached hydrogens (tertiary/aromatic N) is 4. The van der Waals surface area contributed by atoms with Crippen LogP contribution < -0.4 is 11.1 Å². The van der Waals surface area contributed by atoms with E-state index in [1.54, 1.807) is 0 Å². The predicted octanol–water partition coefficient (Wildman–Crippen LogP) is 0.969. The molecular weight excluding hydrogens is 240 g/mol. The van der Waals surface area contributed by atoms with E-state index in [2.05, 4.69) is 20.4 Å². The van der Waals surface area contributed by atoms with Crippen LogP contribution in [0.2, 0.25) is 0 Å². The monoisotopic (exact) mass is 258 g/mol. The number of rotatable bonds is 4. The number of fused-ring (bicyclic) bond motifs is 1. The number of hydrogen-bond donors (Lipinski definition) is 2. The minimum Gasteiger partial charge on any atom is -0.354 e. The first-order valence-corrected chi connectivity index (χ1v) is 6.68. The van der Waals surface area contributed by atoms with E-state index in [-0.39, 0.29) is 6.04 Å². The van der Waals surface area contributed by atoms with E-state index in [0.29, 0.717) is 6.54 Å². The quantitative estimate of drug-likeness (QED) is 0.854. The summed E-state index contributed by atoms with van der Waals surface area (Å²) in [6, 6.07) is 4.33. The molecule has 0 amide bonds. The van der Waals surface area contributed by atoms with Gasteiger partial charge < -0.3 is 11.1 Å². The van der Waals surface area contributed by atoms with Crippen LogP contribution >= 0.6 is 0 Å². The van der Waals surface area contributed by atoms with Crippen LogP contribution in [0.3, 0.4) is 0 Å². The van der Waals surface area contributed by atoms with Gasteiger partial charge in [-0.15, -0.1) is 0 Å². The van der Waals surface area contributed by atoms with Crippen LogP contribution in [-0.4, -0.2) is 32.8 Å². The maximum Gasteiger partial charge on any atom is 0.221 e. The minimum absolute atomic E-state index is 0.248. The van der Waals surface area contributed by atoms with Gasteiger partial charge in [-0.25, -0.2) is 4.68 Å². The van der Waals surface area contributed by atoms with E-state index < -0.39 is 0 Å². The first-order chi connectivity index (χ1) is 9.38. The Morgan fingerprint density at radius 3 is 3.00 bits per heavy atom. The van der Waals surface area contributed by atoms with Crippen LogP contribution in [0.5, 0.6) is 0 Å². The highest BCUT2D eigenvalue weighted by Crippen LogP contribution is 2.27. The largest absolute Gasteiger partial charge is 0.354 e. The molecular formula is C13H18N6. The van der Waals surface area contributed by atoms with Gasteiger partial charge in [-0.1, -0.05) is 0 Å². The molecule has 0 fully saturated rings. The van der Waals surface area contributed by atoms with Crippen molar-refractivity contribution in [2.24, 2.45) is 5.73 Å². The minimum atomic E-state index is 0.248. The molecule has 0 bridgehead atoms. The molecule has 19 heavy (non-hydrogen) atoms. The van der Waals surface area contributed by atoms with E-state index in [0.717, 1.165) is 37.6 Å². The zero-order chi connectivity index (χ0) is 13.1. The molecule has 0 spiro atoms. The lowest BCUT2D eigenvalue weighted by atomic mass is 10.0. The summed E-state index contributed by atoms with van der Waals surface area (Å²) in [6.45, 7) is 1.59. The molecule has 0 aliphatic carbocycles. The number of aromatic nitrogens is 4. The molecule has 0 saturated heterocycles. The summed E-state index contributed by atoms with van der Waals surface area (Å²) < 4.78 is 1.99. The molecule has 1 aliphatic heterocycles. The summed E-state index contributed by atoms with van der Waals surface area (Å²) in [4.78, 5) is 8.60. The fourth-order valence-electron chi connectivity index (χ4n) is 2.41. The normalized spacial score (nSPS) is 17.8. The first-order valence-electron chi connectivity index (χ1n) is 6.68. The second-order valence-corrected chi connectivity index (χ2v) is 4.70. The van der Waals surface area contributed by atoms with Gasteiger partial charge >= 0.3 is 0 Å². The smallest absolute Gasteiger partial charge is 0.221 e. The Hall–Kier alpha value is -1.95. The lowest BCUT2D eigenvalue weighted by Crippen LogP contribution is -2.24. The van der Waals surface area contributed by atoms with Crippen LogP contribution in [0.4, 0.5) is 5.95 Å². The summed E-state index contributed by atoms with van der Waals surface area (Å²) in [5.41, 5.74) is 6.76. The summed E-state index contributed by atoms with van der Waals surface area (Å²) in [5, 5.41) is 7.91. The average molecular weight is 258 g/mol. The Balaban J connectivity index is 1.89.